The predicted molar refractivity (Wildman–Crippen MR) is 132 cm³/mol. The van der Waals surface area contributed by atoms with E-state index in [-0.39, 0.29) is 11.9 Å². The molecule has 1 amide bonds. The van der Waals surface area contributed by atoms with Crippen molar-refractivity contribution in [3.05, 3.63) is 71.8 Å². The minimum atomic E-state index is -0.0340. The van der Waals surface area contributed by atoms with Crippen molar-refractivity contribution in [1.82, 2.24) is 9.88 Å². The minimum absolute atomic E-state index is 0.00165. The van der Waals surface area contributed by atoms with Crippen LogP contribution in [0.2, 0.25) is 0 Å². The number of hydrogen-bond acceptors (Lipinski definition) is 6. The van der Waals surface area contributed by atoms with Gasteiger partial charge in [-0.1, -0.05) is 42.5 Å². The molecule has 2 aliphatic heterocycles. The fourth-order valence-electron chi connectivity index (χ4n) is 4.31. The molecule has 0 radical (unpaired) electrons. The lowest BCUT2D eigenvalue weighted by Gasteiger charge is -2.29. The molecule has 2 N–H and O–H groups in total. The molecule has 5 rings (SSSR count). The van der Waals surface area contributed by atoms with Crippen molar-refractivity contribution < 1.29 is 9.53 Å². The summed E-state index contributed by atoms with van der Waals surface area (Å²) in [6, 6.07) is 20.6. The third-order valence-corrected chi connectivity index (χ3v) is 6.28. The topological polar surface area (TPSA) is 69.7 Å². The zero-order chi connectivity index (χ0) is 22.8. The van der Waals surface area contributed by atoms with Crippen molar-refractivity contribution in [2.24, 2.45) is 0 Å². The number of nitrogens with one attached hydrogen (secondary N) is 2. The van der Waals surface area contributed by atoms with Crippen molar-refractivity contribution >= 4 is 23.1 Å². The molecule has 0 bridgehead atoms. The number of morpholine rings is 1. The number of benzene rings is 2. The second-order valence-corrected chi connectivity index (χ2v) is 8.54. The number of fused-ring (bicyclic) bond motifs is 1. The van der Waals surface area contributed by atoms with Gasteiger partial charge in [-0.05, 0) is 30.7 Å². The van der Waals surface area contributed by atoms with Crippen molar-refractivity contribution in [2.45, 2.75) is 13.0 Å². The number of pyridine rings is 1. The molecule has 170 valence electrons. The van der Waals surface area contributed by atoms with E-state index < -0.39 is 0 Å². The number of nitrogens with zero attached hydrogens (tertiary/aromatic N) is 3. The van der Waals surface area contributed by atoms with E-state index in [0.717, 1.165) is 48.8 Å². The molecular formula is C26H29N5O2. The largest absolute Gasteiger partial charge is 0.378 e. The Balaban J connectivity index is 1.49. The maximum absolute atomic E-state index is 13.0. The zero-order valence-electron chi connectivity index (χ0n) is 19.0. The molecule has 3 aromatic rings. The molecule has 0 spiro atoms. The summed E-state index contributed by atoms with van der Waals surface area (Å²) in [6.45, 7) is 5.88. The van der Waals surface area contributed by atoms with E-state index in [4.69, 9.17) is 9.72 Å². The monoisotopic (exact) mass is 443 g/mol. The highest BCUT2D eigenvalue weighted by Crippen LogP contribution is 2.34. The molecule has 1 fully saturated rings. The third-order valence-electron chi connectivity index (χ3n) is 6.28. The lowest BCUT2D eigenvalue weighted by molar-refractivity contribution is 0.0797. The van der Waals surface area contributed by atoms with Crippen LogP contribution in [0.15, 0.2) is 60.7 Å². The van der Waals surface area contributed by atoms with E-state index in [2.05, 4.69) is 58.9 Å². The first-order chi connectivity index (χ1) is 16.1. The molecule has 3 heterocycles. The number of aromatic nitrogens is 1. The van der Waals surface area contributed by atoms with Gasteiger partial charge < -0.3 is 25.2 Å². The van der Waals surface area contributed by atoms with Gasteiger partial charge in [0.05, 0.1) is 31.3 Å². The second-order valence-electron chi connectivity index (χ2n) is 8.54. The lowest BCUT2D eigenvalue weighted by atomic mass is 10.0. The van der Waals surface area contributed by atoms with Crippen LogP contribution in [-0.4, -0.2) is 55.8 Å². The Morgan fingerprint density at radius 1 is 1.06 bits per heavy atom. The van der Waals surface area contributed by atoms with Crippen molar-refractivity contribution in [1.29, 1.82) is 0 Å². The number of ether oxygens (including phenoxy) is 1. The van der Waals surface area contributed by atoms with E-state index in [9.17, 15) is 4.79 Å². The van der Waals surface area contributed by atoms with Crippen LogP contribution in [0.25, 0.3) is 11.3 Å². The quantitative estimate of drug-likeness (QED) is 0.616. The van der Waals surface area contributed by atoms with Gasteiger partial charge in [-0.15, -0.1) is 0 Å². The molecule has 1 saturated heterocycles. The third kappa shape index (κ3) is 4.36. The van der Waals surface area contributed by atoms with Crippen LogP contribution in [0.5, 0.6) is 0 Å². The molecular weight excluding hydrogens is 414 g/mol. The van der Waals surface area contributed by atoms with Gasteiger partial charge in [-0.2, -0.15) is 0 Å². The van der Waals surface area contributed by atoms with E-state index in [1.807, 2.05) is 24.3 Å². The predicted octanol–water partition coefficient (Wildman–Crippen LogP) is 4.21. The smallest absolute Gasteiger partial charge is 0.260 e. The Kier molecular flexibility index (Phi) is 5.88. The zero-order valence-corrected chi connectivity index (χ0v) is 19.0. The van der Waals surface area contributed by atoms with Crippen molar-refractivity contribution in [3.8, 4) is 11.3 Å². The molecule has 33 heavy (non-hydrogen) atoms. The Morgan fingerprint density at radius 2 is 1.79 bits per heavy atom. The van der Waals surface area contributed by atoms with Gasteiger partial charge in [-0.3, -0.25) is 4.79 Å². The molecule has 2 aliphatic rings. The Hall–Kier alpha value is -3.58. The first-order valence-electron chi connectivity index (χ1n) is 11.4. The van der Waals surface area contributed by atoms with Crippen LogP contribution in [0.1, 0.15) is 28.9 Å². The highest BCUT2D eigenvalue weighted by molar-refractivity contribution is 6.06. The van der Waals surface area contributed by atoms with Crippen molar-refractivity contribution in [2.75, 3.05) is 55.6 Å². The van der Waals surface area contributed by atoms with Gasteiger partial charge in [-0.25, -0.2) is 4.98 Å². The second kappa shape index (κ2) is 9.11. The van der Waals surface area contributed by atoms with Crippen LogP contribution in [0, 0.1) is 0 Å². The first-order valence-corrected chi connectivity index (χ1v) is 11.4. The highest BCUT2D eigenvalue weighted by Gasteiger charge is 2.27. The summed E-state index contributed by atoms with van der Waals surface area (Å²) in [7, 11) is 1.79. The molecule has 7 heteroatoms. The number of rotatable bonds is 5. The Morgan fingerprint density at radius 3 is 2.52 bits per heavy atom. The summed E-state index contributed by atoms with van der Waals surface area (Å²) in [5.74, 6) is 0.563. The average Bonchev–Trinajstić information content (AvgIpc) is 2.87. The van der Waals surface area contributed by atoms with Crippen LogP contribution in [-0.2, 0) is 4.74 Å². The Labute approximate surface area is 194 Å². The summed E-state index contributed by atoms with van der Waals surface area (Å²) >= 11 is 0. The summed E-state index contributed by atoms with van der Waals surface area (Å²) in [5.41, 5.74) is 5.56. The standard InChI is InChI=1S/C26H29N5O2/c1-18(19-6-4-3-5-7-19)28-25-24-23(27-17-30(2)26(24)32)16-22(29-25)20-8-10-21(11-9-20)31-12-14-33-15-13-31/h3-11,16,18,27H,12-15,17H2,1-2H3,(H,28,29)/t18-/m0/s1. The highest BCUT2D eigenvalue weighted by atomic mass is 16.5. The number of hydrogen-bond donors (Lipinski definition) is 2. The molecule has 0 unspecified atom stereocenters. The van der Waals surface area contributed by atoms with Gasteiger partial charge in [0, 0.05) is 37.4 Å². The van der Waals surface area contributed by atoms with Crippen LogP contribution in [0.4, 0.5) is 17.2 Å². The normalized spacial score (nSPS) is 16.7. The molecule has 0 saturated carbocycles. The summed E-state index contributed by atoms with van der Waals surface area (Å²) in [6.07, 6.45) is 0. The Bertz CT molecular complexity index is 1130. The molecule has 2 aromatic carbocycles. The average molecular weight is 444 g/mol. The molecule has 0 aliphatic carbocycles. The maximum atomic E-state index is 13.0. The van der Waals surface area contributed by atoms with Gasteiger partial charge in [0.25, 0.3) is 5.91 Å². The first kappa shape index (κ1) is 21.3. The summed E-state index contributed by atoms with van der Waals surface area (Å²) in [4.78, 5) is 21.9. The SMILES string of the molecule is C[C@H](Nc1nc(-c2ccc(N3CCOCC3)cc2)cc2c1C(=O)N(C)CN2)c1ccccc1. The van der Waals surface area contributed by atoms with Gasteiger partial charge in [0.2, 0.25) is 0 Å². The fourth-order valence-corrected chi connectivity index (χ4v) is 4.31. The van der Waals surface area contributed by atoms with Crippen LogP contribution in [0.3, 0.4) is 0 Å². The number of anilines is 3. The van der Waals surface area contributed by atoms with Crippen molar-refractivity contribution in [3.63, 3.8) is 0 Å². The van der Waals surface area contributed by atoms with Gasteiger partial charge >= 0.3 is 0 Å². The van der Waals surface area contributed by atoms with E-state index in [1.54, 1.807) is 11.9 Å². The van der Waals surface area contributed by atoms with E-state index in [1.165, 1.54) is 5.69 Å². The number of carbonyl (C=O) groups excluding carboxylic acids is 1. The minimum Gasteiger partial charge on any atom is -0.378 e. The van der Waals surface area contributed by atoms with Crippen LogP contribution >= 0.6 is 0 Å². The fraction of sp³-hybridized carbons (Fsp3) is 0.308. The summed E-state index contributed by atoms with van der Waals surface area (Å²) in [5, 5.41) is 6.86. The lowest BCUT2D eigenvalue weighted by Crippen LogP contribution is -2.37. The molecule has 1 atom stereocenters. The number of carbonyl (C=O) groups is 1. The molecule has 1 aromatic heterocycles. The van der Waals surface area contributed by atoms with Gasteiger partial charge in [0.1, 0.15) is 11.4 Å². The van der Waals surface area contributed by atoms with Gasteiger partial charge in [0.15, 0.2) is 0 Å². The maximum Gasteiger partial charge on any atom is 0.260 e. The summed E-state index contributed by atoms with van der Waals surface area (Å²) < 4.78 is 5.46. The van der Waals surface area contributed by atoms with E-state index in [0.29, 0.717) is 18.1 Å². The van der Waals surface area contributed by atoms with E-state index >= 15 is 0 Å². The molecule has 7 nitrogen and oxygen atoms in total. The van der Waals surface area contributed by atoms with Crippen LogP contribution < -0.4 is 15.5 Å². The number of amides is 1.